The van der Waals surface area contributed by atoms with Gasteiger partial charge in [-0.05, 0) is 36.8 Å². The van der Waals surface area contributed by atoms with Crippen LogP contribution in [0.25, 0.3) is 0 Å². The number of nitrogens with zero attached hydrogens (tertiary/aromatic N) is 1. The molecule has 0 bridgehead atoms. The molecule has 0 saturated carbocycles. The Morgan fingerprint density at radius 1 is 1.22 bits per heavy atom. The molecule has 5 heteroatoms. The number of hydrogen-bond donors (Lipinski definition) is 1. The zero-order valence-corrected chi connectivity index (χ0v) is 14.2. The first-order valence-electron chi connectivity index (χ1n) is 7.34. The SMILES string of the molecule is CCCC(O)c1cc(C#N)ccc1OCc1ccc(Cl)cc1Cl. The molecule has 2 aromatic rings. The van der Waals surface area contributed by atoms with Crippen LogP contribution in [0.3, 0.4) is 0 Å². The highest BCUT2D eigenvalue weighted by atomic mass is 35.5. The Balaban J connectivity index is 2.23. The molecule has 1 unspecified atom stereocenters. The van der Waals surface area contributed by atoms with E-state index in [0.717, 1.165) is 12.0 Å². The van der Waals surface area contributed by atoms with Crippen molar-refractivity contribution in [3.63, 3.8) is 0 Å². The van der Waals surface area contributed by atoms with Crippen molar-refractivity contribution in [1.29, 1.82) is 5.26 Å². The van der Waals surface area contributed by atoms with Gasteiger partial charge >= 0.3 is 0 Å². The second-order valence-corrected chi connectivity index (χ2v) is 6.04. The summed E-state index contributed by atoms with van der Waals surface area (Å²) >= 11 is 12.0. The molecule has 23 heavy (non-hydrogen) atoms. The third-order valence-corrected chi connectivity index (χ3v) is 4.05. The average Bonchev–Trinajstić information content (AvgIpc) is 2.54. The average molecular weight is 350 g/mol. The largest absolute Gasteiger partial charge is 0.488 e. The smallest absolute Gasteiger partial charge is 0.125 e. The highest BCUT2D eigenvalue weighted by molar-refractivity contribution is 6.35. The van der Waals surface area contributed by atoms with E-state index in [1.165, 1.54) is 0 Å². The fraction of sp³-hybridized carbons (Fsp3) is 0.278. The first-order chi connectivity index (χ1) is 11.0. The number of halogens is 2. The van der Waals surface area contributed by atoms with E-state index in [4.69, 9.17) is 33.2 Å². The van der Waals surface area contributed by atoms with Crippen LogP contribution in [-0.4, -0.2) is 5.11 Å². The van der Waals surface area contributed by atoms with Crippen LogP contribution in [0.2, 0.25) is 10.0 Å². The molecule has 0 amide bonds. The van der Waals surface area contributed by atoms with Crippen molar-refractivity contribution in [3.8, 4) is 11.8 Å². The highest BCUT2D eigenvalue weighted by Gasteiger charge is 2.14. The summed E-state index contributed by atoms with van der Waals surface area (Å²) in [5.74, 6) is 0.552. The lowest BCUT2D eigenvalue weighted by Crippen LogP contribution is -2.04. The molecule has 0 fully saturated rings. The first-order valence-corrected chi connectivity index (χ1v) is 8.09. The summed E-state index contributed by atoms with van der Waals surface area (Å²) < 4.78 is 5.81. The Bertz CT molecular complexity index is 725. The second-order valence-electron chi connectivity index (χ2n) is 5.19. The molecule has 0 spiro atoms. The van der Waals surface area contributed by atoms with E-state index >= 15 is 0 Å². The first kappa shape index (κ1) is 17.6. The summed E-state index contributed by atoms with van der Waals surface area (Å²) in [6.07, 6.45) is 0.775. The number of rotatable bonds is 6. The maximum Gasteiger partial charge on any atom is 0.125 e. The Morgan fingerprint density at radius 2 is 2.00 bits per heavy atom. The maximum atomic E-state index is 10.3. The summed E-state index contributed by atoms with van der Waals surface area (Å²) in [5.41, 5.74) is 1.92. The lowest BCUT2D eigenvalue weighted by Gasteiger charge is -2.16. The minimum atomic E-state index is -0.663. The number of benzene rings is 2. The van der Waals surface area contributed by atoms with Gasteiger partial charge in [0.05, 0.1) is 17.7 Å². The van der Waals surface area contributed by atoms with Crippen LogP contribution in [0, 0.1) is 11.3 Å². The standard InChI is InChI=1S/C18H17Cl2NO2/c1-2-3-17(22)15-8-12(10-21)4-7-18(15)23-11-13-5-6-14(19)9-16(13)20/h4-9,17,22H,2-3,11H2,1H3. The minimum Gasteiger partial charge on any atom is -0.488 e. The van der Waals surface area contributed by atoms with E-state index in [0.29, 0.717) is 33.3 Å². The van der Waals surface area contributed by atoms with Gasteiger partial charge in [0.2, 0.25) is 0 Å². The Kier molecular flexibility index (Phi) is 6.29. The van der Waals surface area contributed by atoms with E-state index in [2.05, 4.69) is 6.07 Å². The summed E-state index contributed by atoms with van der Waals surface area (Å²) in [7, 11) is 0. The van der Waals surface area contributed by atoms with E-state index in [9.17, 15) is 5.11 Å². The number of aliphatic hydroxyl groups is 1. The lowest BCUT2D eigenvalue weighted by molar-refractivity contribution is 0.159. The van der Waals surface area contributed by atoms with E-state index in [1.54, 1.807) is 36.4 Å². The van der Waals surface area contributed by atoms with Crippen LogP contribution < -0.4 is 4.74 Å². The summed E-state index contributed by atoms with van der Waals surface area (Å²) in [6.45, 7) is 2.25. The van der Waals surface area contributed by atoms with E-state index in [1.807, 2.05) is 6.92 Å². The third-order valence-electron chi connectivity index (χ3n) is 3.46. The molecule has 1 N–H and O–H groups in total. The molecular weight excluding hydrogens is 333 g/mol. The molecule has 0 heterocycles. The quantitative estimate of drug-likeness (QED) is 0.771. The van der Waals surface area contributed by atoms with Gasteiger partial charge in [-0.3, -0.25) is 0 Å². The van der Waals surface area contributed by atoms with Crippen molar-refractivity contribution in [2.24, 2.45) is 0 Å². The second kappa shape index (κ2) is 8.21. The van der Waals surface area contributed by atoms with Gasteiger partial charge in [0, 0.05) is 21.2 Å². The van der Waals surface area contributed by atoms with Gasteiger partial charge in [0.25, 0.3) is 0 Å². The molecule has 0 aliphatic carbocycles. The number of aliphatic hydroxyl groups excluding tert-OH is 1. The molecule has 3 nitrogen and oxygen atoms in total. The Labute approximate surface area is 146 Å². The monoisotopic (exact) mass is 349 g/mol. The van der Waals surface area contributed by atoms with Gasteiger partial charge in [0.1, 0.15) is 12.4 Å². The molecular formula is C18H17Cl2NO2. The Hall–Kier alpha value is -1.73. The van der Waals surface area contributed by atoms with Gasteiger partial charge in [-0.25, -0.2) is 0 Å². The molecule has 0 aliphatic rings. The maximum absolute atomic E-state index is 10.3. The fourth-order valence-electron chi connectivity index (χ4n) is 2.23. The molecule has 0 radical (unpaired) electrons. The molecule has 0 saturated heterocycles. The normalized spacial score (nSPS) is 11.8. The van der Waals surface area contributed by atoms with Crippen molar-refractivity contribution in [2.75, 3.05) is 0 Å². The van der Waals surface area contributed by atoms with Crippen LogP contribution in [0.15, 0.2) is 36.4 Å². The third kappa shape index (κ3) is 4.62. The van der Waals surface area contributed by atoms with Crippen molar-refractivity contribution in [3.05, 3.63) is 63.1 Å². The van der Waals surface area contributed by atoms with Crippen LogP contribution in [0.4, 0.5) is 0 Å². The summed E-state index contributed by atoms with van der Waals surface area (Å²) in [6, 6.07) is 12.3. The van der Waals surface area contributed by atoms with Gasteiger partial charge in [-0.1, -0.05) is 42.6 Å². The van der Waals surface area contributed by atoms with Crippen molar-refractivity contribution in [1.82, 2.24) is 0 Å². The minimum absolute atomic E-state index is 0.258. The van der Waals surface area contributed by atoms with Crippen LogP contribution in [-0.2, 0) is 6.61 Å². The zero-order valence-electron chi connectivity index (χ0n) is 12.7. The predicted octanol–water partition coefficient (Wildman–Crippen LogP) is 5.28. The lowest BCUT2D eigenvalue weighted by atomic mass is 10.0. The molecule has 0 aliphatic heterocycles. The van der Waals surface area contributed by atoms with Crippen LogP contribution in [0.1, 0.15) is 42.6 Å². The fourth-order valence-corrected chi connectivity index (χ4v) is 2.70. The molecule has 120 valence electrons. The highest BCUT2D eigenvalue weighted by Crippen LogP contribution is 2.30. The molecule has 0 aromatic heterocycles. The Morgan fingerprint density at radius 3 is 2.65 bits per heavy atom. The van der Waals surface area contributed by atoms with Crippen molar-refractivity contribution < 1.29 is 9.84 Å². The van der Waals surface area contributed by atoms with Gasteiger partial charge < -0.3 is 9.84 Å². The summed E-state index contributed by atoms with van der Waals surface area (Å²) in [5, 5.41) is 20.4. The van der Waals surface area contributed by atoms with E-state index < -0.39 is 6.10 Å². The molecule has 1 atom stereocenters. The molecule has 2 rings (SSSR count). The van der Waals surface area contributed by atoms with Crippen LogP contribution >= 0.6 is 23.2 Å². The number of hydrogen-bond acceptors (Lipinski definition) is 3. The molecule has 2 aromatic carbocycles. The van der Waals surface area contributed by atoms with Gasteiger partial charge in [0.15, 0.2) is 0 Å². The summed E-state index contributed by atoms with van der Waals surface area (Å²) in [4.78, 5) is 0. The zero-order chi connectivity index (χ0) is 16.8. The van der Waals surface area contributed by atoms with Crippen LogP contribution in [0.5, 0.6) is 5.75 Å². The number of ether oxygens (including phenoxy) is 1. The van der Waals surface area contributed by atoms with E-state index in [-0.39, 0.29) is 6.61 Å². The van der Waals surface area contributed by atoms with Gasteiger partial charge in [-0.15, -0.1) is 0 Å². The topological polar surface area (TPSA) is 53.2 Å². The predicted molar refractivity (Wildman–Crippen MR) is 91.8 cm³/mol. The van der Waals surface area contributed by atoms with Gasteiger partial charge in [-0.2, -0.15) is 5.26 Å². The van der Waals surface area contributed by atoms with Crippen molar-refractivity contribution in [2.45, 2.75) is 32.5 Å². The van der Waals surface area contributed by atoms with Crippen molar-refractivity contribution >= 4 is 23.2 Å². The number of nitriles is 1.